The Kier molecular flexibility index (Phi) is 2.73. The van der Waals surface area contributed by atoms with Crippen molar-refractivity contribution in [1.82, 2.24) is 5.32 Å². The Labute approximate surface area is 101 Å². The number of methoxy groups -OCH3 is 1. The summed E-state index contributed by atoms with van der Waals surface area (Å²) in [6, 6.07) is 4.82. The van der Waals surface area contributed by atoms with Gasteiger partial charge in [-0.05, 0) is 30.0 Å². The van der Waals surface area contributed by atoms with Gasteiger partial charge in [-0.25, -0.2) is 0 Å². The van der Waals surface area contributed by atoms with Crippen molar-refractivity contribution in [1.29, 1.82) is 0 Å². The van der Waals surface area contributed by atoms with E-state index in [9.17, 15) is 9.90 Å². The maximum atomic E-state index is 11.9. The highest BCUT2D eigenvalue weighted by molar-refractivity contribution is 5.97. The maximum Gasteiger partial charge on any atom is 0.255 e. The Morgan fingerprint density at radius 3 is 2.71 bits per heavy atom. The number of phenols is 1. The molecule has 2 N–H and O–H groups in total. The minimum Gasteiger partial charge on any atom is -0.507 e. The van der Waals surface area contributed by atoms with Crippen molar-refractivity contribution in [2.45, 2.75) is 26.3 Å². The Hall–Kier alpha value is -1.71. The van der Waals surface area contributed by atoms with Gasteiger partial charge in [0.25, 0.3) is 5.91 Å². The number of benzene rings is 1. The van der Waals surface area contributed by atoms with Gasteiger partial charge >= 0.3 is 0 Å². The standard InChI is InChI=1S/C13H17NO3/c1-13(2)7-11(13)14-12(16)9-6-8(17-3)4-5-10(9)15/h4-6,11,15H,7H2,1-3H3,(H,14,16). The molecular weight excluding hydrogens is 218 g/mol. The van der Waals surface area contributed by atoms with Crippen LogP contribution in [0.4, 0.5) is 0 Å². The second-order valence-corrected chi connectivity index (χ2v) is 5.10. The summed E-state index contributed by atoms with van der Waals surface area (Å²) in [5.74, 6) is 0.279. The van der Waals surface area contributed by atoms with Crippen LogP contribution in [0.5, 0.6) is 11.5 Å². The number of phenolic OH excluding ortho intramolecular Hbond substituents is 1. The van der Waals surface area contributed by atoms with E-state index < -0.39 is 0 Å². The molecule has 0 saturated heterocycles. The van der Waals surface area contributed by atoms with E-state index in [-0.39, 0.29) is 28.7 Å². The van der Waals surface area contributed by atoms with Gasteiger partial charge in [0, 0.05) is 6.04 Å². The van der Waals surface area contributed by atoms with Crippen LogP contribution in [0.2, 0.25) is 0 Å². The highest BCUT2D eigenvalue weighted by Crippen LogP contribution is 2.44. The number of hydrogen-bond donors (Lipinski definition) is 2. The van der Waals surface area contributed by atoms with Crippen molar-refractivity contribution in [3.05, 3.63) is 23.8 Å². The predicted octanol–water partition coefficient (Wildman–Crippen LogP) is 1.93. The molecule has 0 aromatic heterocycles. The van der Waals surface area contributed by atoms with Gasteiger partial charge in [-0.1, -0.05) is 13.8 Å². The molecule has 1 atom stereocenters. The molecule has 1 aliphatic rings. The van der Waals surface area contributed by atoms with E-state index in [0.717, 1.165) is 6.42 Å². The molecule has 92 valence electrons. The van der Waals surface area contributed by atoms with Crippen LogP contribution in [0.1, 0.15) is 30.6 Å². The number of rotatable bonds is 3. The molecule has 0 bridgehead atoms. The molecule has 4 heteroatoms. The monoisotopic (exact) mass is 235 g/mol. The minimum absolute atomic E-state index is 0.0262. The summed E-state index contributed by atoms with van der Waals surface area (Å²) < 4.78 is 5.03. The van der Waals surface area contributed by atoms with E-state index in [1.165, 1.54) is 13.2 Å². The third-order valence-electron chi connectivity index (χ3n) is 3.27. The molecule has 1 saturated carbocycles. The summed E-state index contributed by atoms with van der Waals surface area (Å²) in [7, 11) is 1.53. The fourth-order valence-corrected chi connectivity index (χ4v) is 1.77. The van der Waals surface area contributed by atoms with E-state index in [0.29, 0.717) is 5.75 Å². The van der Waals surface area contributed by atoms with Gasteiger partial charge in [0.1, 0.15) is 11.5 Å². The van der Waals surface area contributed by atoms with E-state index in [1.54, 1.807) is 12.1 Å². The zero-order valence-electron chi connectivity index (χ0n) is 10.3. The van der Waals surface area contributed by atoms with Crippen LogP contribution < -0.4 is 10.1 Å². The highest BCUT2D eigenvalue weighted by atomic mass is 16.5. The molecule has 1 fully saturated rings. The molecule has 1 aromatic rings. The van der Waals surface area contributed by atoms with Gasteiger partial charge in [0.15, 0.2) is 0 Å². The van der Waals surface area contributed by atoms with Crippen LogP contribution in [-0.4, -0.2) is 24.2 Å². The average molecular weight is 235 g/mol. The van der Waals surface area contributed by atoms with Crippen molar-refractivity contribution >= 4 is 5.91 Å². The number of carbonyl (C=O) groups excluding carboxylic acids is 1. The molecule has 1 aliphatic carbocycles. The van der Waals surface area contributed by atoms with Gasteiger partial charge in [-0.15, -0.1) is 0 Å². The first-order valence-electron chi connectivity index (χ1n) is 5.62. The van der Waals surface area contributed by atoms with Crippen molar-refractivity contribution in [3.8, 4) is 11.5 Å². The van der Waals surface area contributed by atoms with Crippen LogP contribution in [0.3, 0.4) is 0 Å². The molecule has 1 aromatic carbocycles. The maximum absolute atomic E-state index is 11.9. The minimum atomic E-state index is -0.253. The first kappa shape index (κ1) is 11.8. The number of nitrogens with one attached hydrogen (secondary N) is 1. The fraction of sp³-hybridized carbons (Fsp3) is 0.462. The van der Waals surface area contributed by atoms with E-state index >= 15 is 0 Å². The summed E-state index contributed by atoms with van der Waals surface area (Å²) in [6.45, 7) is 4.20. The lowest BCUT2D eigenvalue weighted by Crippen LogP contribution is -2.28. The fourth-order valence-electron chi connectivity index (χ4n) is 1.77. The predicted molar refractivity (Wildman–Crippen MR) is 64.3 cm³/mol. The van der Waals surface area contributed by atoms with Crippen molar-refractivity contribution in [3.63, 3.8) is 0 Å². The molecule has 2 rings (SSSR count). The normalized spacial score (nSPS) is 20.8. The molecule has 0 heterocycles. The number of aromatic hydroxyl groups is 1. The number of carbonyl (C=O) groups is 1. The largest absolute Gasteiger partial charge is 0.507 e. The number of ether oxygens (including phenoxy) is 1. The second kappa shape index (κ2) is 3.95. The average Bonchev–Trinajstić information content (AvgIpc) is 2.86. The van der Waals surface area contributed by atoms with Crippen molar-refractivity contribution in [2.24, 2.45) is 5.41 Å². The Morgan fingerprint density at radius 1 is 1.53 bits per heavy atom. The lowest BCUT2D eigenvalue weighted by atomic mass is 10.1. The second-order valence-electron chi connectivity index (χ2n) is 5.10. The lowest BCUT2D eigenvalue weighted by molar-refractivity contribution is 0.0943. The van der Waals surface area contributed by atoms with Crippen LogP contribution in [0.15, 0.2) is 18.2 Å². The Morgan fingerprint density at radius 2 is 2.18 bits per heavy atom. The van der Waals surface area contributed by atoms with Crippen molar-refractivity contribution in [2.75, 3.05) is 7.11 Å². The van der Waals surface area contributed by atoms with E-state index in [2.05, 4.69) is 19.2 Å². The van der Waals surface area contributed by atoms with E-state index in [4.69, 9.17) is 4.74 Å². The van der Waals surface area contributed by atoms with Gasteiger partial charge in [0.05, 0.1) is 12.7 Å². The summed E-state index contributed by atoms with van der Waals surface area (Å²) in [4.78, 5) is 11.9. The Bertz CT molecular complexity index is 454. The molecule has 0 spiro atoms. The Balaban J connectivity index is 2.13. The van der Waals surface area contributed by atoms with Gasteiger partial charge < -0.3 is 15.2 Å². The van der Waals surface area contributed by atoms with E-state index in [1.807, 2.05) is 0 Å². The summed E-state index contributed by atoms with van der Waals surface area (Å²) in [6.07, 6.45) is 0.976. The third kappa shape index (κ3) is 2.35. The van der Waals surface area contributed by atoms with Crippen LogP contribution in [-0.2, 0) is 0 Å². The van der Waals surface area contributed by atoms with Crippen LogP contribution >= 0.6 is 0 Å². The van der Waals surface area contributed by atoms with Crippen LogP contribution in [0.25, 0.3) is 0 Å². The summed E-state index contributed by atoms with van der Waals surface area (Å²) in [5.41, 5.74) is 0.427. The quantitative estimate of drug-likeness (QED) is 0.841. The van der Waals surface area contributed by atoms with Gasteiger partial charge in [-0.2, -0.15) is 0 Å². The first-order chi connectivity index (χ1) is 7.94. The zero-order valence-corrected chi connectivity index (χ0v) is 10.3. The molecule has 4 nitrogen and oxygen atoms in total. The number of amides is 1. The van der Waals surface area contributed by atoms with Gasteiger partial charge in [-0.3, -0.25) is 4.79 Å². The molecular formula is C13H17NO3. The van der Waals surface area contributed by atoms with Crippen molar-refractivity contribution < 1.29 is 14.6 Å². The highest BCUT2D eigenvalue weighted by Gasteiger charge is 2.46. The van der Waals surface area contributed by atoms with Crippen LogP contribution in [0, 0.1) is 5.41 Å². The first-order valence-corrected chi connectivity index (χ1v) is 5.62. The molecule has 0 radical (unpaired) electrons. The lowest BCUT2D eigenvalue weighted by Gasteiger charge is -2.09. The smallest absolute Gasteiger partial charge is 0.255 e. The molecule has 0 aliphatic heterocycles. The summed E-state index contributed by atoms with van der Waals surface area (Å²) >= 11 is 0. The SMILES string of the molecule is COc1ccc(O)c(C(=O)NC2CC2(C)C)c1. The topological polar surface area (TPSA) is 58.6 Å². The number of hydrogen-bond acceptors (Lipinski definition) is 3. The molecule has 1 amide bonds. The molecule has 1 unspecified atom stereocenters. The zero-order chi connectivity index (χ0) is 12.6. The van der Waals surface area contributed by atoms with Gasteiger partial charge in [0.2, 0.25) is 0 Å². The molecule has 17 heavy (non-hydrogen) atoms. The third-order valence-corrected chi connectivity index (χ3v) is 3.27. The summed E-state index contributed by atoms with van der Waals surface area (Å²) in [5, 5.41) is 12.5.